The Bertz CT molecular complexity index is 500. The van der Waals surface area contributed by atoms with Crippen LogP contribution in [0.25, 0.3) is 0 Å². The molecular formula is C12H17NO5S. The van der Waals surface area contributed by atoms with Crippen LogP contribution in [0.1, 0.15) is 5.56 Å². The highest BCUT2D eigenvalue weighted by molar-refractivity contribution is 7.90. The number of benzene rings is 1. The minimum absolute atomic E-state index is 0.345. The standard InChI is InChI=1S/C12H17NO5S/c1-18-12(15)9-19(16,17)13-11(8-14)7-10-5-3-2-4-6-10/h2-6,11,13-14H,7-9H2,1H3/t11-/m1/s1. The van der Waals surface area contributed by atoms with E-state index in [2.05, 4.69) is 9.46 Å². The summed E-state index contributed by atoms with van der Waals surface area (Å²) in [5.74, 6) is -1.60. The highest BCUT2D eigenvalue weighted by Crippen LogP contribution is 2.04. The average Bonchev–Trinajstić information content (AvgIpc) is 2.38. The van der Waals surface area contributed by atoms with E-state index in [1.54, 1.807) is 0 Å². The molecule has 106 valence electrons. The Morgan fingerprint density at radius 2 is 2.00 bits per heavy atom. The molecule has 0 saturated heterocycles. The maximum absolute atomic E-state index is 11.6. The Hall–Kier alpha value is -1.44. The third-order valence-corrected chi connectivity index (χ3v) is 3.74. The second-order valence-corrected chi connectivity index (χ2v) is 5.78. The lowest BCUT2D eigenvalue weighted by Gasteiger charge is -2.16. The van der Waals surface area contributed by atoms with Crippen molar-refractivity contribution in [2.75, 3.05) is 19.5 Å². The highest BCUT2D eigenvalue weighted by Gasteiger charge is 2.21. The number of methoxy groups -OCH3 is 1. The number of sulfonamides is 1. The maximum Gasteiger partial charge on any atom is 0.322 e. The van der Waals surface area contributed by atoms with Gasteiger partial charge in [-0.3, -0.25) is 4.79 Å². The molecule has 0 spiro atoms. The van der Waals surface area contributed by atoms with E-state index in [1.807, 2.05) is 30.3 Å². The molecule has 0 radical (unpaired) electrons. The van der Waals surface area contributed by atoms with Crippen molar-refractivity contribution in [3.63, 3.8) is 0 Å². The molecule has 0 aromatic heterocycles. The molecule has 0 amide bonds. The zero-order chi connectivity index (χ0) is 14.3. The number of carbonyl (C=O) groups is 1. The number of esters is 1. The summed E-state index contributed by atoms with van der Waals surface area (Å²) in [5, 5.41) is 9.20. The van der Waals surface area contributed by atoms with Crippen molar-refractivity contribution in [2.24, 2.45) is 0 Å². The number of ether oxygens (including phenoxy) is 1. The molecule has 1 aromatic rings. The van der Waals surface area contributed by atoms with Crippen molar-refractivity contribution in [3.8, 4) is 0 Å². The Morgan fingerprint density at radius 3 is 2.53 bits per heavy atom. The molecule has 1 atom stereocenters. The van der Waals surface area contributed by atoms with Gasteiger partial charge in [0, 0.05) is 6.04 Å². The minimum atomic E-state index is -3.81. The van der Waals surface area contributed by atoms with Crippen LogP contribution in [0.2, 0.25) is 0 Å². The lowest BCUT2D eigenvalue weighted by Crippen LogP contribution is -2.41. The van der Waals surface area contributed by atoms with Crippen molar-refractivity contribution < 1.29 is 23.1 Å². The van der Waals surface area contributed by atoms with E-state index in [9.17, 15) is 18.3 Å². The molecule has 0 aliphatic carbocycles. The molecule has 1 rings (SSSR count). The van der Waals surface area contributed by atoms with Crippen molar-refractivity contribution in [2.45, 2.75) is 12.5 Å². The van der Waals surface area contributed by atoms with Crippen molar-refractivity contribution >= 4 is 16.0 Å². The van der Waals surface area contributed by atoms with Gasteiger partial charge in [-0.15, -0.1) is 0 Å². The van der Waals surface area contributed by atoms with Gasteiger partial charge in [0.25, 0.3) is 0 Å². The summed E-state index contributed by atoms with van der Waals surface area (Å²) in [6, 6.07) is 8.49. The Kier molecular flexibility index (Phi) is 5.94. The van der Waals surface area contributed by atoms with Gasteiger partial charge in [0.1, 0.15) is 0 Å². The minimum Gasteiger partial charge on any atom is -0.468 e. The topological polar surface area (TPSA) is 92.7 Å². The smallest absolute Gasteiger partial charge is 0.322 e. The Morgan fingerprint density at radius 1 is 1.37 bits per heavy atom. The van der Waals surface area contributed by atoms with E-state index in [0.717, 1.165) is 12.7 Å². The average molecular weight is 287 g/mol. The first-order chi connectivity index (χ1) is 8.96. The first-order valence-electron chi connectivity index (χ1n) is 5.68. The van der Waals surface area contributed by atoms with Crippen molar-refractivity contribution in [1.29, 1.82) is 0 Å². The van der Waals surface area contributed by atoms with Gasteiger partial charge in [-0.2, -0.15) is 0 Å². The summed E-state index contributed by atoms with van der Waals surface area (Å²) in [4.78, 5) is 11.0. The van der Waals surface area contributed by atoms with Crippen LogP contribution < -0.4 is 4.72 Å². The van der Waals surface area contributed by atoms with Crippen LogP contribution in [-0.2, 0) is 26.0 Å². The van der Waals surface area contributed by atoms with E-state index in [-0.39, 0.29) is 6.61 Å². The quantitative estimate of drug-likeness (QED) is 0.671. The first kappa shape index (κ1) is 15.6. The second-order valence-electron chi connectivity index (χ2n) is 4.02. The van der Waals surface area contributed by atoms with Gasteiger partial charge < -0.3 is 9.84 Å². The molecule has 0 aliphatic rings. The van der Waals surface area contributed by atoms with Gasteiger partial charge >= 0.3 is 5.97 Å². The summed E-state index contributed by atoms with van der Waals surface area (Å²) in [6.07, 6.45) is 0.345. The molecule has 1 aromatic carbocycles. The summed E-state index contributed by atoms with van der Waals surface area (Å²) >= 11 is 0. The van der Waals surface area contributed by atoms with E-state index >= 15 is 0 Å². The lowest BCUT2D eigenvalue weighted by atomic mass is 10.1. The molecule has 6 nitrogen and oxygen atoms in total. The monoisotopic (exact) mass is 287 g/mol. The maximum atomic E-state index is 11.6. The normalized spacial score (nSPS) is 12.9. The summed E-state index contributed by atoms with van der Waals surface area (Å²) < 4.78 is 29.8. The van der Waals surface area contributed by atoms with Crippen LogP contribution in [0.4, 0.5) is 0 Å². The van der Waals surface area contributed by atoms with Crippen molar-refractivity contribution in [3.05, 3.63) is 35.9 Å². The molecule has 0 aliphatic heterocycles. The number of aliphatic hydroxyl groups excluding tert-OH is 1. The number of hydrogen-bond donors (Lipinski definition) is 2. The van der Waals surface area contributed by atoms with Gasteiger partial charge in [-0.05, 0) is 12.0 Å². The molecule has 0 saturated carbocycles. The van der Waals surface area contributed by atoms with E-state index in [4.69, 9.17) is 0 Å². The predicted octanol–water partition coefficient (Wildman–Crippen LogP) is -0.318. The summed E-state index contributed by atoms with van der Waals surface area (Å²) in [6.45, 7) is -0.352. The lowest BCUT2D eigenvalue weighted by molar-refractivity contribution is -0.137. The van der Waals surface area contributed by atoms with E-state index in [1.165, 1.54) is 0 Å². The van der Waals surface area contributed by atoms with Gasteiger partial charge in [0.15, 0.2) is 5.75 Å². The molecule has 7 heteroatoms. The molecule has 0 fully saturated rings. The number of carbonyl (C=O) groups excluding carboxylic acids is 1. The number of hydrogen-bond acceptors (Lipinski definition) is 5. The largest absolute Gasteiger partial charge is 0.468 e. The molecule has 2 N–H and O–H groups in total. The SMILES string of the molecule is COC(=O)CS(=O)(=O)N[C@@H](CO)Cc1ccccc1. The van der Waals surface area contributed by atoms with Crippen LogP contribution in [0, 0.1) is 0 Å². The van der Waals surface area contributed by atoms with E-state index < -0.39 is 27.8 Å². The number of aliphatic hydroxyl groups is 1. The predicted molar refractivity (Wildman–Crippen MR) is 70.0 cm³/mol. The van der Waals surface area contributed by atoms with Crippen LogP contribution in [0.3, 0.4) is 0 Å². The van der Waals surface area contributed by atoms with Gasteiger partial charge in [0.05, 0.1) is 13.7 Å². The summed E-state index contributed by atoms with van der Waals surface area (Å²) in [5.41, 5.74) is 0.891. The second kappa shape index (κ2) is 7.22. The van der Waals surface area contributed by atoms with Crippen LogP contribution in [0.5, 0.6) is 0 Å². The molecule has 19 heavy (non-hydrogen) atoms. The van der Waals surface area contributed by atoms with Crippen LogP contribution in [-0.4, -0.2) is 45.0 Å². The zero-order valence-corrected chi connectivity index (χ0v) is 11.4. The number of rotatable bonds is 7. The Labute approximate surface area is 112 Å². The first-order valence-corrected chi connectivity index (χ1v) is 7.33. The third kappa shape index (κ3) is 5.82. The van der Waals surface area contributed by atoms with Gasteiger partial charge in [0.2, 0.25) is 10.0 Å². The third-order valence-electron chi connectivity index (χ3n) is 2.43. The number of nitrogens with one attached hydrogen (secondary N) is 1. The highest BCUT2D eigenvalue weighted by atomic mass is 32.2. The summed E-state index contributed by atoms with van der Waals surface area (Å²) in [7, 11) is -2.69. The van der Waals surface area contributed by atoms with E-state index in [0.29, 0.717) is 6.42 Å². The Balaban J connectivity index is 2.64. The zero-order valence-electron chi connectivity index (χ0n) is 10.6. The van der Waals surface area contributed by atoms with Crippen molar-refractivity contribution in [1.82, 2.24) is 4.72 Å². The fourth-order valence-corrected chi connectivity index (χ4v) is 2.73. The molecular weight excluding hydrogens is 270 g/mol. The van der Waals surface area contributed by atoms with Crippen LogP contribution in [0.15, 0.2) is 30.3 Å². The molecule has 0 unspecified atom stereocenters. The molecule has 0 heterocycles. The fraction of sp³-hybridized carbons (Fsp3) is 0.417. The van der Waals surface area contributed by atoms with Gasteiger partial charge in [-0.25, -0.2) is 13.1 Å². The van der Waals surface area contributed by atoms with Crippen LogP contribution >= 0.6 is 0 Å². The fourth-order valence-electron chi connectivity index (χ4n) is 1.55. The van der Waals surface area contributed by atoms with Gasteiger partial charge in [-0.1, -0.05) is 30.3 Å². The molecule has 0 bridgehead atoms.